The molecule has 3 N–H and O–H groups in total. The van der Waals surface area contributed by atoms with Crippen molar-refractivity contribution in [2.24, 2.45) is 0 Å². The monoisotopic (exact) mass is 291 g/mol. The Morgan fingerprint density at radius 3 is 2.43 bits per heavy atom. The number of hydrogen-bond donors (Lipinski definition) is 2. The van der Waals surface area contributed by atoms with E-state index in [2.05, 4.69) is 4.90 Å². The lowest BCUT2D eigenvalue weighted by Crippen LogP contribution is -2.49. The molecule has 1 aliphatic rings. The van der Waals surface area contributed by atoms with Crippen LogP contribution in [0.1, 0.15) is 18.4 Å². The third-order valence-electron chi connectivity index (χ3n) is 3.75. The van der Waals surface area contributed by atoms with Gasteiger partial charge in [-0.15, -0.1) is 0 Å². The minimum Gasteiger partial charge on any atom is -0.481 e. The van der Waals surface area contributed by atoms with E-state index >= 15 is 0 Å². The van der Waals surface area contributed by atoms with E-state index in [1.54, 1.807) is 4.90 Å². The SMILES string of the molecule is Cc1cc(N)ccc1N1CCN(C(=O)CCC(=O)O)CC1. The third-order valence-corrected chi connectivity index (χ3v) is 3.75. The summed E-state index contributed by atoms with van der Waals surface area (Å²) in [5.74, 6) is -1.01. The van der Waals surface area contributed by atoms with E-state index in [9.17, 15) is 9.59 Å². The Balaban J connectivity index is 1.91. The van der Waals surface area contributed by atoms with Crippen LogP contribution in [0.25, 0.3) is 0 Å². The van der Waals surface area contributed by atoms with Crippen molar-refractivity contribution in [1.82, 2.24) is 4.90 Å². The first-order valence-corrected chi connectivity index (χ1v) is 7.08. The highest BCUT2D eigenvalue weighted by Gasteiger charge is 2.22. The summed E-state index contributed by atoms with van der Waals surface area (Å²) in [7, 11) is 0. The number of hydrogen-bond acceptors (Lipinski definition) is 4. The number of benzene rings is 1. The molecule has 21 heavy (non-hydrogen) atoms. The number of piperazine rings is 1. The fourth-order valence-corrected chi connectivity index (χ4v) is 2.60. The Morgan fingerprint density at radius 1 is 1.19 bits per heavy atom. The van der Waals surface area contributed by atoms with Crippen LogP contribution >= 0.6 is 0 Å². The van der Waals surface area contributed by atoms with E-state index < -0.39 is 5.97 Å². The summed E-state index contributed by atoms with van der Waals surface area (Å²) in [5.41, 5.74) is 8.77. The van der Waals surface area contributed by atoms with Gasteiger partial charge in [0.15, 0.2) is 0 Å². The van der Waals surface area contributed by atoms with Gasteiger partial charge >= 0.3 is 5.97 Å². The van der Waals surface area contributed by atoms with Gasteiger partial charge in [0.25, 0.3) is 0 Å². The van der Waals surface area contributed by atoms with Crippen LogP contribution in [0, 0.1) is 6.92 Å². The van der Waals surface area contributed by atoms with E-state index in [4.69, 9.17) is 10.8 Å². The lowest BCUT2D eigenvalue weighted by atomic mass is 10.1. The minimum atomic E-state index is -0.931. The first kappa shape index (κ1) is 15.2. The zero-order valence-electron chi connectivity index (χ0n) is 12.2. The quantitative estimate of drug-likeness (QED) is 0.811. The molecule has 0 aromatic heterocycles. The number of nitrogens with zero attached hydrogens (tertiary/aromatic N) is 2. The Hall–Kier alpha value is -2.24. The normalized spacial score (nSPS) is 15.1. The molecule has 6 nitrogen and oxygen atoms in total. The van der Waals surface area contributed by atoms with Crippen LogP contribution in [0.15, 0.2) is 18.2 Å². The number of aryl methyl sites for hydroxylation is 1. The van der Waals surface area contributed by atoms with Gasteiger partial charge in [-0.3, -0.25) is 9.59 Å². The van der Waals surface area contributed by atoms with Crippen molar-refractivity contribution < 1.29 is 14.7 Å². The van der Waals surface area contributed by atoms with Crippen LogP contribution in [0.4, 0.5) is 11.4 Å². The first-order valence-electron chi connectivity index (χ1n) is 7.08. The summed E-state index contributed by atoms with van der Waals surface area (Å²) in [5, 5.41) is 8.62. The smallest absolute Gasteiger partial charge is 0.303 e. The predicted molar refractivity (Wildman–Crippen MR) is 81.3 cm³/mol. The van der Waals surface area contributed by atoms with Gasteiger partial charge in [0.1, 0.15) is 0 Å². The number of anilines is 2. The van der Waals surface area contributed by atoms with Crippen molar-refractivity contribution >= 4 is 23.3 Å². The van der Waals surface area contributed by atoms with Crippen LogP contribution < -0.4 is 10.6 Å². The van der Waals surface area contributed by atoms with Crippen molar-refractivity contribution in [1.29, 1.82) is 0 Å². The summed E-state index contributed by atoms with van der Waals surface area (Å²) >= 11 is 0. The summed E-state index contributed by atoms with van der Waals surface area (Å²) in [4.78, 5) is 26.4. The largest absolute Gasteiger partial charge is 0.481 e. The first-order chi connectivity index (χ1) is 9.97. The number of nitrogens with two attached hydrogens (primary N) is 1. The van der Waals surface area contributed by atoms with E-state index in [-0.39, 0.29) is 18.7 Å². The standard InChI is InChI=1S/C15H21N3O3/c1-11-10-12(16)2-3-13(11)17-6-8-18(9-7-17)14(19)4-5-15(20)21/h2-3,10H,4-9,16H2,1H3,(H,20,21). The maximum Gasteiger partial charge on any atom is 0.303 e. The average molecular weight is 291 g/mol. The Bertz CT molecular complexity index is 537. The Labute approximate surface area is 124 Å². The van der Waals surface area contributed by atoms with Gasteiger partial charge in [-0.1, -0.05) is 0 Å². The molecule has 1 aromatic carbocycles. The average Bonchev–Trinajstić information content (AvgIpc) is 2.45. The van der Waals surface area contributed by atoms with E-state index in [0.717, 1.165) is 30.0 Å². The van der Waals surface area contributed by atoms with Crippen LogP contribution in [0.3, 0.4) is 0 Å². The van der Waals surface area contributed by atoms with Crippen molar-refractivity contribution in [3.63, 3.8) is 0 Å². The van der Waals surface area contributed by atoms with Gasteiger partial charge in [0.2, 0.25) is 5.91 Å². The number of amides is 1. The van der Waals surface area contributed by atoms with Crippen molar-refractivity contribution in [2.75, 3.05) is 36.8 Å². The molecule has 1 aromatic rings. The molecule has 0 spiro atoms. The van der Waals surface area contributed by atoms with Crippen molar-refractivity contribution in [3.05, 3.63) is 23.8 Å². The molecule has 0 aliphatic carbocycles. The molecule has 0 unspecified atom stereocenters. The summed E-state index contributed by atoms with van der Waals surface area (Å²) < 4.78 is 0. The molecule has 0 saturated carbocycles. The highest BCUT2D eigenvalue weighted by molar-refractivity contribution is 5.81. The molecule has 0 radical (unpaired) electrons. The van der Waals surface area contributed by atoms with Gasteiger partial charge in [0, 0.05) is 44.0 Å². The summed E-state index contributed by atoms with van der Waals surface area (Å²) in [6.07, 6.45) is -0.0215. The Kier molecular flexibility index (Phi) is 4.67. The Morgan fingerprint density at radius 2 is 1.86 bits per heavy atom. The molecule has 114 valence electrons. The van der Waals surface area contributed by atoms with Crippen LogP contribution in [0.5, 0.6) is 0 Å². The zero-order valence-corrected chi connectivity index (χ0v) is 12.2. The second kappa shape index (κ2) is 6.47. The van der Waals surface area contributed by atoms with Gasteiger partial charge in [-0.2, -0.15) is 0 Å². The number of carbonyl (C=O) groups is 2. The lowest BCUT2D eigenvalue weighted by molar-refractivity contribution is -0.141. The van der Waals surface area contributed by atoms with Gasteiger partial charge < -0.3 is 20.6 Å². The fourth-order valence-electron chi connectivity index (χ4n) is 2.60. The van der Waals surface area contributed by atoms with Crippen LogP contribution in [-0.4, -0.2) is 48.1 Å². The molecule has 1 amide bonds. The van der Waals surface area contributed by atoms with Crippen LogP contribution in [-0.2, 0) is 9.59 Å². The number of nitrogen functional groups attached to an aromatic ring is 1. The number of aliphatic carboxylic acids is 1. The maximum absolute atomic E-state index is 11.9. The number of rotatable bonds is 4. The summed E-state index contributed by atoms with van der Waals surface area (Å²) in [6.45, 7) is 4.79. The van der Waals surface area contributed by atoms with Crippen molar-refractivity contribution in [3.8, 4) is 0 Å². The molecule has 1 aliphatic heterocycles. The molecule has 1 fully saturated rings. The topological polar surface area (TPSA) is 86.9 Å². The van der Waals surface area contributed by atoms with Gasteiger partial charge in [-0.25, -0.2) is 0 Å². The van der Waals surface area contributed by atoms with E-state index in [1.807, 2.05) is 25.1 Å². The van der Waals surface area contributed by atoms with E-state index in [1.165, 1.54) is 0 Å². The molecule has 1 saturated heterocycles. The van der Waals surface area contributed by atoms with Crippen LogP contribution in [0.2, 0.25) is 0 Å². The second-order valence-corrected chi connectivity index (χ2v) is 5.31. The number of carboxylic acid groups (broad SMARTS) is 1. The summed E-state index contributed by atoms with van der Waals surface area (Å²) in [6, 6.07) is 5.83. The second-order valence-electron chi connectivity index (χ2n) is 5.31. The molecule has 2 rings (SSSR count). The minimum absolute atomic E-state index is 0.0777. The highest BCUT2D eigenvalue weighted by atomic mass is 16.4. The van der Waals surface area contributed by atoms with Gasteiger partial charge in [-0.05, 0) is 30.7 Å². The predicted octanol–water partition coefficient (Wildman–Crippen LogP) is 1.09. The van der Waals surface area contributed by atoms with Crippen molar-refractivity contribution in [2.45, 2.75) is 19.8 Å². The molecule has 0 atom stereocenters. The molecule has 6 heteroatoms. The van der Waals surface area contributed by atoms with E-state index in [0.29, 0.717) is 13.1 Å². The molecule has 1 heterocycles. The van der Waals surface area contributed by atoms with Gasteiger partial charge in [0.05, 0.1) is 6.42 Å². The number of carboxylic acids is 1. The maximum atomic E-state index is 11.9. The molecular formula is C15H21N3O3. The molecular weight excluding hydrogens is 270 g/mol. The zero-order chi connectivity index (χ0) is 15.4. The lowest BCUT2D eigenvalue weighted by Gasteiger charge is -2.37. The third kappa shape index (κ3) is 3.87. The number of carbonyl (C=O) groups excluding carboxylic acids is 1. The fraction of sp³-hybridized carbons (Fsp3) is 0.467. The molecule has 0 bridgehead atoms. The highest BCUT2D eigenvalue weighted by Crippen LogP contribution is 2.23.